The lowest BCUT2D eigenvalue weighted by Gasteiger charge is -2.37. The largest absolute Gasteiger partial charge is 0.416 e. The number of nitrogens with one attached hydrogen (secondary N) is 1. The van der Waals surface area contributed by atoms with E-state index in [1.807, 2.05) is 19.9 Å². The van der Waals surface area contributed by atoms with Gasteiger partial charge in [0.25, 0.3) is 0 Å². The van der Waals surface area contributed by atoms with Crippen molar-refractivity contribution < 1.29 is 26.4 Å². The van der Waals surface area contributed by atoms with E-state index < -0.39 is 27.8 Å². The second kappa shape index (κ2) is 9.58. The summed E-state index contributed by atoms with van der Waals surface area (Å²) in [5, 5.41) is 0. The summed E-state index contributed by atoms with van der Waals surface area (Å²) in [4.78, 5) is 16.5. The van der Waals surface area contributed by atoms with Gasteiger partial charge in [-0.3, -0.25) is 4.79 Å². The SMILES string of the molecule is Cc1cc(C)c(C)c(S(=O)(=O)N[C@@H](C)C(=O)N2CCN(c3cccc(C(F)(F)F)c3)CC2)c1C. The second-order valence-electron chi connectivity index (χ2n) is 8.79. The number of hydrogen-bond acceptors (Lipinski definition) is 4. The zero-order chi connectivity index (χ0) is 25.4. The summed E-state index contributed by atoms with van der Waals surface area (Å²) in [6.45, 7) is 9.95. The van der Waals surface area contributed by atoms with Gasteiger partial charge in [0.2, 0.25) is 15.9 Å². The van der Waals surface area contributed by atoms with E-state index in [4.69, 9.17) is 0 Å². The quantitative estimate of drug-likeness (QED) is 0.679. The standard InChI is InChI=1S/C24H30F3N3O3S/c1-15-13-16(2)18(4)22(17(15)3)34(32,33)28-19(5)23(31)30-11-9-29(10-12-30)21-8-6-7-20(14-21)24(25,26)27/h6-8,13-14,19,28H,9-12H2,1-5H3/t19-/m0/s1. The molecule has 1 aliphatic heterocycles. The summed E-state index contributed by atoms with van der Waals surface area (Å²) in [7, 11) is -3.94. The van der Waals surface area contributed by atoms with Gasteiger partial charge in [0, 0.05) is 31.9 Å². The second-order valence-corrected chi connectivity index (χ2v) is 10.4. The van der Waals surface area contributed by atoms with Crippen molar-refractivity contribution in [1.29, 1.82) is 0 Å². The molecule has 10 heteroatoms. The molecule has 1 aliphatic rings. The molecule has 3 rings (SSSR count). The molecule has 1 fully saturated rings. The highest BCUT2D eigenvalue weighted by atomic mass is 32.2. The van der Waals surface area contributed by atoms with E-state index in [1.165, 1.54) is 13.0 Å². The summed E-state index contributed by atoms with van der Waals surface area (Å²) in [5.41, 5.74) is 2.72. The average Bonchev–Trinajstić information content (AvgIpc) is 2.76. The molecule has 34 heavy (non-hydrogen) atoms. The van der Waals surface area contributed by atoms with Gasteiger partial charge in [0.15, 0.2) is 0 Å². The molecule has 1 atom stereocenters. The fourth-order valence-corrected chi connectivity index (χ4v) is 6.08. The van der Waals surface area contributed by atoms with Gasteiger partial charge in [-0.05, 0) is 75.1 Å². The maximum Gasteiger partial charge on any atom is 0.416 e. The predicted molar refractivity (Wildman–Crippen MR) is 125 cm³/mol. The zero-order valence-corrected chi connectivity index (χ0v) is 20.8. The van der Waals surface area contributed by atoms with Crippen LogP contribution in [-0.4, -0.2) is 51.4 Å². The van der Waals surface area contributed by atoms with Crippen LogP contribution in [0.5, 0.6) is 0 Å². The van der Waals surface area contributed by atoms with Gasteiger partial charge in [-0.1, -0.05) is 12.1 Å². The van der Waals surface area contributed by atoms with Crippen LogP contribution in [0.4, 0.5) is 18.9 Å². The van der Waals surface area contributed by atoms with Gasteiger partial charge in [-0.25, -0.2) is 8.42 Å². The Hall–Kier alpha value is -2.59. The Labute approximate surface area is 198 Å². The number of alkyl halides is 3. The third-order valence-electron chi connectivity index (χ3n) is 6.40. The smallest absolute Gasteiger partial charge is 0.368 e. The Morgan fingerprint density at radius 1 is 0.971 bits per heavy atom. The summed E-state index contributed by atoms with van der Waals surface area (Å²) in [6.07, 6.45) is -4.42. The Balaban J connectivity index is 1.68. The Morgan fingerprint density at radius 2 is 1.53 bits per heavy atom. The molecule has 1 heterocycles. The molecule has 1 saturated heterocycles. The van der Waals surface area contributed by atoms with Crippen LogP contribution in [0.2, 0.25) is 0 Å². The van der Waals surface area contributed by atoms with Crippen LogP contribution in [0, 0.1) is 27.7 Å². The fourth-order valence-electron chi connectivity index (χ4n) is 4.26. The third-order valence-corrected chi connectivity index (χ3v) is 8.21. The summed E-state index contributed by atoms with van der Waals surface area (Å²) >= 11 is 0. The van der Waals surface area contributed by atoms with Crippen LogP contribution >= 0.6 is 0 Å². The number of hydrogen-bond donors (Lipinski definition) is 1. The number of halogens is 3. The zero-order valence-electron chi connectivity index (χ0n) is 20.0. The van der Waals surface area contributed by atoms with Crippen LogP contribution in [0.25, 0.3) is 0 Å². The lowest BCUT2D eigenvalue weighted by atomic mass is 10.0. The normalized spacial score (nSPS) is 16.0. The first kappa shape index (κ1) is 26.0. The number of amides is 1. The molecule has 1 amide bonds. The van der Waals surface area contributed by atoms with Crippen molar-refractivity contribution in [2.75, 3.05) is 31.1 Å². The average molecular weight is 498 g/mol. The maximum atomic E-state index is 13.1. The van der Waals surface area contributed by atoms with E-state index in [-0.39, 0.29) is 23.9 Å². The molecule has 2 aromatic carbocycles. The Bertz CT molecular complexity index is 1160. The summed E-state index contributed by atoms with van der Waals surface area (Å²) in [6, 6.07) is 6.05. The van der Waals surface area contributed by atoms with Gasteiger partial charge < -0.3 is 9.80 Å². The number of nitrogens with zero attached hydrogens (tertiary/aromatic N) is 2. The molecular weight excluding hydrogens is 467 g/mol. The first-order valence-corrected chi connectivity index (χ1v) is 12.5. The first-order chi connectivity index (χ1) is 15.7. The molecule has 1 N–H and O–H groups in total. The monoisotopic (exact) mass is 497 g/mol. The van der Waals surface area contributed by atoms with E-state index in [0.29, 0.717) is 29.9 Å². The summed E-state index contributed by atoms with van der Waals surface area (Å²) in [5.74, 6) is -0.369. The minimum atomic E-state index is -4.42. The number of sulfonamides is 1. The molecule has 0 saturated carbocycles. The van der Waals surface area contributed by atoms with E-state index in [1.54, 1.807) is 29.7 Å². The van der Waals surface area contributed by atoms with Crippen LogP contribution in [-0.2, 0) is 21.0 Å². The molecule has 0 aliphatic carbocycles. The van der Waals surface area contributed by atoms with E-state index in [9.17, 15) is 26.4 Å². The minimum absolute atomic E-state index is 0.194. The van der Waals surface area contributed by atoms with Gasteiger partial charge in [-0.15, -0.1) is 0 Å². The molecular formula is C24H30F3N3O3S. The molecule has 0 unspecified atom stereocenters. The van der Waals surface area contributed by atoms with Crippen molar-refractivity contribution >= 4 is 21.6 Å². The number of carbonyl (C=O) groups is 1. The lowest BCUT2D eigenvalue weighted by Crippen LogP contribution is -2.54. The molecule has 6 nitrogen and oxygen atoms in total. The fraction of sp³-hybridized carbons (Fsp3) is 0.458. The van der Waals surface area contributed by atoms with Gasteiger partial charge in [0.1, 0.15) is 0 Å². The Kier molecular flexibility index (Phi) is 7.33. The lowest BCUT2D eigenvalue weighted by molar-refractivity contribution is -0.137. The van der Waals surface area contributed by atoms with Crippen molar-refractivity contribution in [3.05, 3.63) is 58.1 Å². The van der Waals surface area contributed by atoms with E-state index in [2.05, 4.69) is 4.72 Å². The number of anilines is 1. The minimum Gasteiger partial charge on any atom is -0.368 e. The van der Waals surface area contributed by atoms with Crippen molar-refractivity contribution in [3.63, 3.8) is 0 Å². The predicted octanol–water partition coefficient (Wildman–Crippen LogP) is 3.95. The highest BCUT2D eigenvalue weighted by Crippen LogP contribution is 2.32. The molecule has 186 valence electrons. The van der Waals surface area contributed by atoms with Crippen molar-refractivity contribution in [2.24, 2.45) is 0 Å². The Morgan fingerprint density at radius 3 is 2.06 bits per heavy atom. The van der Waals surface area contributed by atoms with Crippen LogP contribution in [0.3, 0.4) is 0 Å². The van der Waals surface area contributed by atoms with Gasteiger partial charge in [-0.2, -0.15) is 17.9 Å². The van der Waals surface area contributed by atoms with Crippen molar-refractivity contribution in [2.45, 2.75) is 51.7 Å². The number of carbonyl (C=O) groups excluding carboxylic acids is 1. The highest BCUT2D eigenvalue weighted by Gasteiger charge is 2.32. The van der Waals surface area contributed by atoms with Crippen LogP contribution < -0.4 is 9.62 Å². The van der Waals surface area contributed by atoms with E-state index in [0.717, 1.165) is 23.3 Å². The maximum absolute atomic E-state index is 13.1. The van der Waals surface area contributed by atoms with Crippen molar-refractivity contribution in [3.8, 4) is 0 Å². The molecule has 0 spiro atoms. The van der Waals surface area contributed by atoms with Crippen LogP contribution in [0.15, 0.2) is 35.2 Å². The first-order valence-electron chi connectivity index (χ1n) is 11.0. The van der Waals surface area contributed by atoms with Gasteiger partial charge in [0.05, 0.1) is 16.5 Å². The van der Waals surface area contributed by atoms with Gasteiger partial charge >= 0.3 is 6.18 Å². The van der Waals surface area contributed by atoms with Crippen LogP contribution in [0.1, 0.15) is 34.7 Å². The topological polar surface area (TPSA) is 69.7 Å². The molecule has 0 bridgehead atoms. The number of aryl methyl sites for hydroxylation is 2. The molecule has 2 aromatic rings. The van der Waals surface area contributed by atoms with Crippen molar-refractivity contribution in [1.82, 2.24) is 9.62 Å². The molecule has 0 aromatic heterocycles. The number of piperazine rings is 1. The third kappa shape index (κ3) is 5.38. The van der Waals surface area contributed by atoms with E-state index >= 15 is 0 Å². The number of rotatable bonds is 5. The highest BCUT2D eigenvalue weighted by molar-refractivity contribution is 7.89. The number of benzene rings is 2. The molecule has 0 radical (unpaired) electrons. The summed E-state index contributed by atoms with van der Waals surface area (Å²) < 4.78 is 67.9.